The van der Waals surface area contributed by atoms with E-state index in [0.29, 0.717) is 0 Å². The van der Waals surface area contributed by atoms with Gasteiger partial charge in [0, 0.05) is 0 Å². The molecule has 1 aliphatic rings. The molecule has 3 atom stereocenters. The van der Waals surface area contributed by atoms with Crippen molar-refractivity contribution in [2.75, 3.05) is 13.2 Å². The minimum absolute atomic E-state index is 0. The number of ether oxygens (including phenoxy) is 2. The van der Waals surface area contributed by atoms with Crippen LogP contribution in [0.2, 0.25) is 0 Å². The SMILES string of the molecule is CCCCC(CC)COC(=O)CC(C(=O)OCC(CC)CCCC)S(=O)(=O)[O-].N.N.[Na+].c1ccc2c(c1)-c1ccccc1-2. The third kappa shape index (κ3) is 14.2. The number of carbonyl (C=O) groups is 2. The van der Waals surface area contributed by atoms with E-state index >= 15 is 0 Å². The van der Waals surface area contributed by atoms with Crippen molar-refractivity contribution in [2.45, 2.75) is 90.7 Å². The zero-order chi connectivity index (χ0) is 29.5. The van der Waals surface area contributed by atoms with E-state index in [4.69, 9.17) is 9.47 Å². The molecule has 43 heavy (non-hydrogen) atoms. The van der Waals surface area contributed by atoms with Gasteiger partial charge in [-0.15, -0.1) is 0 Å². The van der Waals surface area contributed by atoms with E-state index in [-0.39, 0.29) is 66.9 Å². The number of rotatable bonds is 16. The van der Waals surface area contributed by atoms with Crippen molar-refractivity contribution in [1.29, 1.82) is 0 Å². The van der Waals surface area contributed by atoms with Crippen LogP contribution in [0, 0.1) is 11.8 Å². The summed E-state index contributed by atoms with van der Waals surface area (Å²) in [6.07, 6.45) is 6.58. The smallest absolute Gasteiger partial charge is 0.747 e. The Morgan fingerprint density at radius 2 is 1.09 bits per heavy atom. The molecule has 0 aromatic heterocycles. The van der Waals surface area contributed by atoms with Crippen LogP contribution in [-0.4, -0.2) is 43.4 Å². The Hall–Kier alpha value is -1.79. The Kier molecular flexibility index (Phi) is 22.9. The molecule has 0 saturated carbocycles. The maximum absolute atomic E-state index is 12.1. The number of esters is 2. The van der Waals surface area contributed by atoms with Crippen LogP contribution >= 0.6 is 0 Å². The predicted molar refractivity (Wildman–Crippen MR) is 168 cm³/mol. The zero-order valence-corrected chi connectivity index (χ0v) is 29.6. The average molecular weight is 631 g/mol. The van der Waals surface area contributed by atoms with Crippen LogP contribution < -0.4 is 41.9 Å². The number of hydrogen-bond acceptors (Lipinski definition) is 9. The van der Waals surface area contributed by atoms with Gasteiger partial charge in [-0.05, 0) is 46.9 Å². The molecule has 0 fully saturated rings. The van der Waals surface area contributed by atoms with Crippen molar-refractivity contribution in [3.05, 3.63) is 48.5 Å². The van der Waals surface area contributed by atoms with Crippen LogP contribution in [0.1, 0.15) is 85.5 Å². The van der Waals surface area contributed by atoms with E-state index in [0.717, 1.165) is 51.4 Å². The normalized spacial score (nSPS) is 12.9. The molecule has 2 aromatic carbocycles. The first-order chi connectivity index (χ1) is 19.2. The van der Waals surface area contributed by atoms with Gasteiger partial charge in [-0.2, -0.15) is 0 Å². The third-order valence-electron chi connectivity index (χ3n) is 7.43. The fourth-order valence-corrected chi connectivity index (χ4v) is 5.30. The Bertz CT molecular complexity index is 1090. The maximum Gasteiger partial charge on any atom is 1.00 e. The first-order valence-corrected chi connectivity index (χ1v) is 16.1. The molecule has 0 spiro atoms. The van der Waals surface area contributed by atoms with Crippen molar-refractivity contribution in [3.8, 4) is 22.3 Å². The van der Waals surface area contributed by atoms with E-state index in [1.807, 2.05) is 13.8 Å². The van der Waals surface area contributed by atoms with Gasteiger partial charge in [-0.1, -0.05) is 115 Å². The van der Waals surface area contributed by atoms with Crippen molar-refractivity contribution >= 4 is 22.1 Å². The van der Waals surface area contributed by atoms with Crippen LogP contribution in [0.3, 0.4) is 0 Å². The second kappa shape index (κ2) is 22.7. The van der Waals surface area contributed by atoms with Crippen LogP contribution in [0.5, 0.6) is 0 Å². The summed E-state index contributed by atoms with van der Waals surface area (Å²) >= 11 is 0. The molecule has 6 N–H and O–H groups in total. The number of benzene rings is 2. The predicted octanol–water partition coefficient (Wildman–Crippen LogP) is 4.47. The first kappa shape index (κ1) is 43.3. The summed E-state index contributed by atoms with van der Waals surface area (Å²) in [5, 5.41) is -2.06. The van der Waals surface area contributed by atoms with Gasteiger partial charge in [-0.25, -0.2) is 8.42 Å². The maximum atomic E-state index is 12.1. The van der Waals surface area contributed by atoms with E-state index in [2.05, 4.69) is 62.4 Å². The average Bonchev–Trinajstić information content (AvgIpc) is 2.94. The van der Waals surface area contributed by atoms with Crippen molar-refractivity contribution < 1.29 is 61.6 Å². The van der Waals surface area contributed by atoms with E-state index in [1.165, 1.54) is 22.3 Å². The molecule has 9 nitrogen and oxygen atoms in total. The monoisotopic (exact) mass is 630 g/mol. The molecule has 11 heteroatoms. The number of carbonyl (C=O) groups excluding carboxylic acids is 2. The van der Waals surface area contributed by atoms with Crippen LogP contribution in [0.15, 0.2) is 48.5 Å². The van der Waals surface area contributed by atoms with Gasteiger partial charge < -0.3 is 26.3 Å². The molecule has 0 heterocycles. The molecule has 0 aliphatic heterocycles. The van der Waals surface area contributed by atoms with Crippen molar-refractivity contribution in [1.82, 2.24) is 12.3 Å². The van der Waals surface area contributed by atoms with Gasteiger partial charge >= 0.3 is 41.5 Å². The Labute approximate surface area is 281 Å². The quantitative estimate of drug-likeness (QED) is 0.131. The Balaban J connectivity index is 0. The number of hydrogen-bond donors (Lipinski definition) is 2. The van der Waals surface area contributed by atoms with Crippen LogP contribution in [-0.2, 0) is 29.2 Å². The van der Waals surface area contributed by atoms with Crippen molar-refractivity contribution in [2.24, 2.45) is 11.8 Å². The van der Waals surface area contributed by atoms with Gasteiger partial charge in [0.15, 0.2) is 5.25 Å². The molecule has 0 radical (unpaired) electrons. The summed E-state index contributed by atoms with van der Waals surface area (Å²) in [7, 11) is -5.01. The second-order valence-electron chi connectivity index (χ2n) is 10.4. The minimum atomic E-state index is -5.01. The fourth-order valence-electron chi connectivity index (χ4n) is 4.66. The molecule has 0 bridgehead atoms. The summed E-state index contributed by atoms with van der Waals surface area (Å²) in [4.78, 5) is 24.1. The molecule has 0 amide bonds. The molecule has 1 aliphatic carbocycles. The fraction of sp³-hybridized carbons (Fsp3) is 0.562. The molecule has 3 unspecified atom stereocenters. The standard InChI is InChI=1S/C20H38O7S.C12H8.2H3N.Na/c1-5-9-11-16(7-3)14-26-19(21)13-18(28(23,24)25)20(22)27-15-17(8-4)12-10-6-2;1-2-6-10-9(5-1)11-7-3-4-8-12(10)11;;;/h16-18H,5-15H2,1-4H3,(H,23,24,25);1-8H;2*1H3;/q;;;;+1/p-1. The molecular weight excluding hydrogens is 579 g/mol. The van der Waals surface area contributed by atoms with Crippen molar-refractivity contribution in [3.63, 3.8) is 0 Å². The van der Waals surface area contributed by atoms with Gasteiger partial charge in [-0.3, -0.25) is 9.59 Å². The molecule has 3 rings (SSSR count). The van der Waals surface area contributed by atoms with E-state index in [9.17, 15) is 22.6 Å². The number of unbranched alkanes of at least 4 members (excludes halogenated alkanes) is 2. The summed E-state index contributed by atoms with van der Waals surface area (Å²) in [5.41, 5.74) is 5.59. The second-order valence-corrected chi connectivity index (χ2v) is 12.0. The largest absolute Gasteiger partial charge is 1.00 e. The third-order valence-corrected chi connectivity index (χ3v) is 8.48. The summed E-state index contributed by atoms with van der Waals surface area (Å²) in [6.45, 7) is 8.26. The summed E-state index contributed by atoms with van der Waals surface area (Å²) in [5.74, 6) is -1.74. The van der Waals surface area contributed by atoms with E-state index < -0.39 is 33.7 Å². The van der Waals surface area contributed by atoms with E-state index in [1.54, 1.807) is 0 Å². The summed E-state index contributed by atoms with van der Waals surface area (Å²) < 4.78 is 44.6. The minimum Gasteiger partial charge on any atom is -0.747 e. The molecule has 238 valence electrons. The topological polar surface area (TPSA) is 180 Å². The number of fused-ring (bicyclic) bond motifs is 4. The summed E-state index contributed by atoms with van der Waals surface area (Å²) in [6, 6.07) is 17.1. The first-order valence-electron chi connectivity index (χ1n) is 14.6. The molecule has 2 aromatic rings. The van der Waals surface area contributed by atoms with Crippen LogP contribution in [0.4, 0.5) is 0 Å². The van der Waals surface area contributed by atoms with Gasteiger partial charge in [0.1, 0.15) is 10.1 Å². The molecular formula is C32H51N2NaO7S. The Morgan fingerprint density at radius 3 is 1.42 bits per heavy atom. The van der Waals surface area contributed by atoms with Crippen LogP contribution in [0.25, 0.3) is 22.3 Å². The van der Waals surface area contributed by atoms with Gasteiger partial charge in [0.05, 0.1) is 19.6 Å². The van der Waals surface area contributed by atoms with Gasteiger partial charge in [0.25, 0.3) is 0 Å². The zero-order valence-electron chi connectivity index (χ0n) is 26.8. The molecule has 0 saturated heterocycles. The Morgan fingerprint density at radius 1 is 0.721 bits per heavy atom. The van der Waals surface area contributed by atoms with Gasteiger partial charge in [0.2, 0.25) is 0 Å².